The van der Waals surface area contributed by atoms with Crippen molar-refractivity contribution in [3.05, 3.63) is 30.1 Å². The molecule has 2 aromatic rings. The van der Waals surface area contributed by atoms with Crippen molar-refractivity contribution in [1.82, 2.24) is 9.97 Å². The highest BCUT2D eigenvalue weighted by Gasteiger charge is 2.04. The summed E-state index contributed by atoms with van der Waals surface area (Å²) in [6, 6.07) is 7.57. The highest BCUT2D eigenvalue weighted by atomic mass is 16.4. The van der Waals surface area contributed by atoms with E-state index in [1.807, 2.05) is 24.3 Å². The predicted octanol–water partition coefficient (Wildman–Crippen LogP) is 0.795. The number of hydrogen-bond acceptors (Lipinski definition) is 4. The zero-order valence-corrected chi connectivity index (χ0v) is 9.30. The lowest BCUT2D eigenvalue weighted by molar-refractivity contribution is -0.135. The maximum absolute atomic E-state index is 10.9. The molecule has 0 saturated carbocycles. The molecule has 6 heteroatoms. The number of ketones is 1. The van der Waals surface area contributed by atoms with Gasteiger partial charge in [0, 0.05) is 6.92 Å². The number of Topliss-reactive ketones (excluding diaryl/α,β-unsaturated/α-hetero) is 1. The van der Waals surface area contributed by atoms with Gasteiger partial charge in [-0.25, -0.2) is 4.98 Å². The van der Waals surface area contributed by atoms with Gasteiger partial charge >= 0.3 is 5.97 Å². The summed E-state index contributed by atoms with van der Waals surface area (Å²) in [6.07, 6.45) is 0. The fourth-order valence-corrected chi connectivity index (χ4v) is 1.12. The number of nitrogens with zero attached hydrogens (tertiary/aromatic N) is 1. The molecule has 2 rings (SSSR count). The largest absolute Gasteiger partial charge is 0.480 e. The van der Waals surface area contributed by atoms with Crippen molar-refractivity contribution in [2.75, 3.05) is 6.54 Å². The number of aromatic nitrogens is 2. The summed E-state index contributed by atoms with van der Waals surface area (Å²) >= 11 is 0. The van der Waals surface area contributed by atoms with Crippen molar-refractivity contribution in [1.29, 1.82) is 0 Å². The number of nitrogens with two attached hydrogens (primary N) is 1. The third-order valence-electron chi connectivity index (χ3n) is 1.90. The Morgan fingerprint density at radius 2 is 2.00 bits per heavy atom. The van der Waals surface area contributed by atoms with Gasteiger partial charge in [-0.3, -0.25) is 9.59 Å². The summed E-state index contributed by atoms with van der Waals surface area (Å²) in [4.78, 5) is 27.2. The van der Waals surface area contributed by atoms with E-state index in [0.29, 0.717) is 5.82 Å². The molecule has 0 atom stereocenters. The van der Waals surface area contributed by atoms with Crippen LogP contribution in [0.2, 0.25) is 0 Å². The zero-order chi connectivity index (χ0) is 12.8. The fourth-order valence-electron chi connectivity index (χ4n) is 1.12. The Kier molecular flexibility index (Phi) is 4.36. The van der Waals surface area contributed by atoms with Gasteiger partial charge in [0.05, 0.1) is 17.6 Å². The van der Waals surface area contributed by atoms with Crippen LogP contribution in [-0.2, 0) is 4.79 Å². The third-order valence-corrected chi connectivity index (χ3v) is 1.90. The van der Waals surface area contributed by atoms with Crippen molar-refractivity contribution in [3.63, 3.8) is 0 Å². The first kappa shape index (κ1) is 12.9. The Balaban J connectivity index is 0.000000249. The summed E-state index contributed by atoms with van der Waals surface area (Å²) in [5, 5.41) is 7.60. The maximum atomic E-state index is 10.9. The SMILES string of the molecule is CC(=O)c1nc2ccccc2[nH]1.NCC(=O)O. The fraction of sp³-hybridized carbons (Fsp3) is 0.182. The van der Waals surface area contributed by atoms with Gasteiger partial charge < -0.3 is 15.8 Å². The van der Waals surface area contributed by atoms with Crippen LogP contribution in [0.25, 0.3) is 11.0 Å². The number of hydrogen-bond donors (Lipinski definition) is 3. The smallest absolute Gasteiger partial charge is 0.317 e. The summed E-state index contributed by atoms with van der Waals surface area (Å²) in [6.45, 7) is 1.22. The number of para-hydroxylation sites is 2. The lowest BCUT2D eigenvalue weighted by atomic mass is 10.3. The molecule has 0 fully saturated rings. The molecule has 0 bridgehead atoms. The first-order valence-corrected chi connectivity index (χ1v) is 4.92. The number of rotatable bonds is 2. The Morgan fingerprint density at radius 1 is 1.41 bits per heavy atom. The van der Waals surface area contributed by atoms with Crippen molar-refractivity contribution in [3.8, 4) is 0 Å². The Bertz CT molecular complexity index is 500. The lowest BCUT2D eigenvalue weighted by Crippen LogP contribution is -2.10. The van der Waals surface area contributed by atoms with E-state index in [2.05, 4.69) is 15.7 Å². The number of carbonyl (C=O) groups is 2. The van der Waals surface area contributed by atoms with Gasteiger partial charge in [-0.2, -0.15) is 0 Å². The normalized spacial score (nSPS) is 9.53. The van der Waals surface area contributed by atoms with Gasteiger partial charge in [0.15, 0.2) is 11.6 Å². The summed E-state index contributed by atoms with van der Waals surface area (Å²) in [5.74, 6) is -0.576. The van der Waals surface area contributed by atoms with Gasteiger partial charge in [-0.1, -0.05) is 12.1 Å². The van der Waals surface area contributed by atoms with E-state index in [4.69, 9.17) is 5.11 Å². The van der Waals surface area contributed by atoms with E-state index in [9.17, 15) is 9.59 Å². The molecular weight excluding hydrogens is 222 g/mol. The average Bonchev–Trinajstić information content (AvgIpc) is 2.73. The molecule has 0 aliphatic rings. The molecule has 0 aliphatic carbocycles. The van der Waals surface area contributed by atoms with Crippen LogP contribution in [0, 0.1) is 0 Å². The number of carboxylic acid groups (broad SMARTS) is 1. The molecule has 0 amide bonds. The van der Waals surface area contributed by atoms with E-state index in [-0.39, 0.29) is 12.3 Å². The van der Waals surface area contributed by atoms with Crippen LogP contribution in [-0.4, -0.2) is 33.4 Å². The molecule has 1 heterocycles. The Labute approximate surface area is 97.5 Å². The van der Waals surface area contributed by atoms with Gasteiger partial charge in [0.2, 0.25) is 0 Å². The van der Waals surface area contributed by atoms with Gasteiger partial charge in [0.1, 0.15) is 0 Å². The second kappa shape index (κ2) is 5.76. The molecule has 6 nitrogen and oxygen atoms in total. The Morgan fingerprint density at radius 3 is 2.47 bits per heavy atom. The van der Waals surface area contributed by atoms with Crippen LogP contribution in [0.5, 0.6) is 0 Å². The van der Waals surface area contributed by atoms with Crippen LogP contribution in [0.15, 0.2) is 24.3 Å². The van der Waals surface area contributed by atoms with Crippen LogP contribution < -0.4 is 5.73 Å². The maximum Gasteiger partial charge on any atom is 0.317 e. The number of imidazole rings is 1. The second-order valence-electron chi connectivity index (χ2n) is 3.26. The first-order valence-electron chi connectivity index (χ1n) is 4.92. The molecular formula is C11H13N3O3. The summed E-state index contributed by atoms with van der Waals surface area (Å²) < 4.78 is 0. The quantitative estimate of drug-likeness (QED) is 0.667. The van der Waals surface area contributed by atoms with Gasteiger partial charge in [-0.15, -0.1) is 0 Å². The molecule has 1 aromatic heterocycles. The van der Waals surface area contributed by atoms with Crippen LogP contribution in [0.1, 0.15) is 17.5 Å². The first-order chi connectivity index (χ1) is 8.04. The average molecular weight is 235 g/mol. The number of nitrogens with one attached hydrogen (secondary N) is 1. The molecule has 1 aromatic carbocycles. The minimum Gasteiger partial charge on any atom is -0.480 e. The minimum atomic E-state index is -0.968. The van der Waals surface area contributed by atoms with E-state index >= 15 is 0 Å². The van der Waals surface area contributed by atoms with E-state index < -0.39 is 5.97 Å². The standard InChI is InChI=1S/C9H8N2O.C2H5NO2/c1-6(12)9-10-7-4-2-3-5-8(7)11-9;3-1-2(4)5/h2-5H,1H3,(H,10,11);1,3H2,(H,4,5). The van der Waals surface area contributed by atoms with Gasteiger partial charge in [0.25, 0.3) is 0 Å². The van der Waals surface area contributed by atoms with Crippen molar-refractivity contribution < 1.29 is 14.7 Å². The number of aliphatic carboxylic acids is 1. The molecule has 0 spiro atoms. The molecule has 17 heavy (non-hydrogen) atoms. The van der Waals surface area contributed by atoms with E-state index in [1.165, 1.54) is 6.92 Å². The Hall–Kier alpha value is -2.21. The van der Waals surface area contributed by atoms with Crippen LogP contribution in [0.3, 0.4) is 0 Å². The molecule has 4 N–H and O–H groups in total. The molecule has 0 aliphatic heterocycles. The predicted molar refractivity (Wildman–Crippen MR) is 62.8 cm³/mol. The number of carboxylic acids is 1. The highest BCUT2D eigenvalue weighted by molar-refractivity contribution is 5.93. The number of fused-ring (bicyclic) bond motifs is 1. The molecule has 0 unspecified atom stereocenters. The van der Waals surface area contributed by atoms with Gasteiger partial charge in [-0.05, 0) is 12.1 Å². The summed E-state index contributed by atoms with van der Waals surface area (Å²) in [5.41, 5.74) is 6.31. The minimum absolute atomic E-state index is 0.0359. The topological polar surface area (TPSA) is 109 Å². The number of carbonyl (C=O) groups excluding carboxylic acids is 1. The number of aromatic amines is 1. The monoisotopic (exact) mass is 235 g/mol. The van der Waals surface area contributed by atoms with E-state index in [1.54, 1.807) is 0 Å². The van der Waals surface area contributed by atoms with Crippen LogP contribution >= 0.6 is 0 Å². The molecule has 0 radical (unpaired) electrons. The number of benzene rings is 1. The zero-order valence-electron chi connectivity index (χ0n) is 9.30. The van der Waals surface area contributed by atoms with Crippen LogP contribution in [0.4, 0.5) is 0 Å². The van der Waals surface area contributed by atoms with Crippen molar-refractivity contribution in [2.24, 2.45) is 5.73 Å². The molecule has 90 valence electrons. The lowest BCUT2D eigenvalue weighted by Gasteiger charge is -1.82. The van der Waals surface area contributed by atoms with Crippen molar-refractivity contribution in [2.45, 2.75) is 6.92 Å². The summed E-state index contributed by atoms with van der Waals surface area (Å²) in [7, 11) is 0. The second-order valence-corrected chi connectivity index (χ2v) is 3.26. The third kappa shape index (κ3) is 3.69. The van der Waals surface area contributed by atoms with Crippen molar-refractivity contribution >= 4 is 22.8 Å². The highest BCUT2D eigenvalue weighted by Crippen LogP contribution is 2.09. The van der Waals surface area contributed by atoms with E-state index in [0.717, 1.165) is 11.0 Å². The number of H-pyrrole nitrogens is 1. The molecule has 0 saturated heterocycles.